The molecular weight excluding hydrogens is 428 g/mol. The topological polar surface area (TPSA) is 64.1 Å². The fourth-order valence-electron chi connectivity index (χ4n) is 2.64. The normalized spacial score (nSPS) is 10.6. The Hall–Kier alpha value is -2.32. The van der Waals surface area contributed by atoms with Crippen LogP contribution in [0, 0.1) is 4.77 Å². The van der Waals surface area contributed by atoms with Crippen LogP contribution in [0.2, 0.25) is 0 Å². The van der Waals surface area contributed by atoms with E-state index in [1.807, 2.05) is 56.3 Å². The molecule has 0 unspecified atom stereocenters. The van der Waals surface area contributed by atoms with Gasteiger partial charge in [0, 0.05) is 10.0 Å². The maximum atomic E-state index is 5.72. The van der Waals surface area contributed by atoms with Crippen molar-refractivity contribution in [1.82, 2.24) is 14.9 Å². The average Bonchev–Trinajstić information content (AvgIpc) is 3.04. The molecule has 0 saturated carbocycles. The van der Waals surface area contributed by atoms with E-state index in [1.54, 1.807) is 4.68 Å². The molecule has 3 aromatic rings. The minimum Gasteiger partial charge on any atom is -0.490 e. The van der Waals surface area contributed by atoms with Gasteiger partial charge in [-0.3, -0.25) is 0 Å². The molecule has 6 nitrogen and oxygen atoms in total. The minimum absolute atomic E-state index is 0.501. The molecule has 0 amide bonds. The fourth-order valence-corrected chi connectivity index (χ4v) is 3.30. The molecule has 1 aromatic heterocycles. The zero-order valence-corrected chi connectivity index (χ0v) is 17.6. The molecule has 0 radical (unpaired) electrons. The van der Waals surface area contributed by atoms with Crippen molar-refractivity contribution < 1.29 is 9.47 Å². The Morgan fingerprint density at radius 1 is 1.11 bits per heavy atom. The predicted molar refractivity (Wildman–Crippen MR) is 112 cm³/mol. The van der Waals surface area contributed by atoms with Crippen molar-refractivity contribution >= 4 is 28.1 Å². The van der Waals surface area contributed by atoms with Crippen molar-refractivity contribution in [2.24, 2.45) is 0 Å². The van der Waals surface area contributed by atoms with Gasteiger partial charge in [-0.25, -0.2) is 9.77 Å². The lowest BCUT2D eigenvalue weighted by Gasteiger charge is -2.16. The third-order valence-corrected chi connectivity index (χ3v) is 4.86. The first-order valence-corrected chi connectivity index (χ1v) is 9.88. The lowest BCUT2D eigenvalue weighted by molar-refractivity contribution is 0.287. The molecule has 0 aliphatic rings. The summed E-state index contributed by atoms with van der Waals surface area (Å²) >= 11 is 8.98. The summed E-state index contributed by atoms with van der Waals surface area (Å²) in [4.78, 5) is 0. The van der Waals surface area contributed by atoms with E-state index < -0.39 is 0 Å². The SMILES string of the molecule is CCOc1cc(Br)c(CNn2c(-c3ccccc3)n[nH]c2=S)cc1OCC. The highest BCUT2D eigenvalue weighted by Gasteiger charge is 2.13. The first-order valence-electron chi connectivity index (χ1n) is 8.68. The van der Waals surface area contributed by atoms with Crippen LogP contribution in [0.15, 0.2) is 46.9 Å². The van der Waals surface area contributed by atoms with E-state index in [4.69, 9.17) is 21.7 Å². The molecule has 0 saturated heterocycles. The molecule has 2 aromatic carbocycles. The molecule has 2 N–H and O–H groups in total. The van der Waals surface area contributed by atoms with Crippen LogP contribution in [0.5, 0.6) is 11.5 Å². The fraction of sp³-hybridized carbons (Fsp3) is 0.263. The molecule has 0 bridgehead atoms. The van der Waals surface area contributed by atoms with Crippen LogP contribution in [0.4, 0.5) is 0 Å². The average molecular weight is 449 g/mol. The lowest BCUT2D eigenvalue weighted by atomic mass is 10.2. The number of ether oxygens (including phenoxy) is 2. The van der Waals surface area contributed by atoms with E-state index in [9.17, 15) is 0 Å². The number of nitrogens with zero attached hydrogens (tertiary/aromatic N) is 2. The van der Waals surface area contributed by atoms with Gasteiger partial charge < -0.3 is 14.9 Å². The van der Waals surface area contributed by atoms with Crippen molar-refractivity contribution in [2.45, 2.75) is 20.4 Å². The van der Waals surface area contributed by atoms with Gasteiger partial charge in [-0.1, -0.05) is 46.3 Å². The number of hydrogen-bond donors (Lipinski definition) is 2. The molecule has 27 heavy (non-hydrogen) atoms. The van der Waals surface area contributed by atoms with Crippen molar-refractivity contribution in [3.8, 4) is 22.9 Å². The zero-order chi connectivity index (χ0) is 19.2. The van der Waals surface area contributed by atoms with E-state index in [-0.39, 0.29) is 0 Å². The Kier molecular flexibility index (Phi) is 6.52. The second-order valence-corrected chi connectivity index (χ2v) is 6.89. The third-order valence-electron chi connectivity index (χ3n) is 3.84. The summed E-state index contributed by atoms with van der Waals surface area (Å²) in [5.41, 5.74) is 5.32. The number of hydrogen-bond acceptors (Lipinski definition) is 5. The molecule has 0 fully saturated rings. The van der Waals surface area contributed by atoms with Crippen LogP contribution in [-0.2, 0) is 6.54 Å². The first kappa shape index (κ1) is 19.4. The Morgan fingerprint density at radius 2 is 1.78 bits per heavy atom. The van der Waals surface area contributed by atoms with Crippen molar-refractivity contribution in [2.75, 3.05) is 18.6 Å². The largest absolute Gasteiger partial charge is 0.490 e. The number of H-pyrrole nitrogens is 1. The Labute approximate surface area is 171 Å². The van der Waals surface area contributed by atoms with Crippen LogP contribution in [0.3, 0.4) is 0 Å². The van der Waals surface area contributed by atoms with Crippen molar-refractivity contribution in [1.29, 1.82) is 0 Å². The molecule has 0 aliphatic carbocycles. The Bertz CT molecular complexity index is 956. The minimum atomic E-state index is 0.501. The molecule has 0 aliphatic heterocycles. The summed E-state index contributed by atoms with van der Waals surface area (Å²) in [5.74, 6) is 2.17. The van der Waals surface area contributed by atoms with Crippen LogP contribution in [0.1, 0.15) is 19.4 Å². The highest BCUT2D eigenvalue weighted by Crippen LogP contribution is 2.34. The van der Waals surface area contributed by atoms with E-state index in [2.05, 4.69) is 31.6 Å². The molecule has 142 valence electrons. The summed E-state index contributed by atoms with van der Waals surface area (Å²) in [5, 5.41) is 7.17. The maximum absolute atomic E-state index is 5.72. The van der Waals surface area contributed by atoms with E-state index in [1.165, 1.54) is 0 Å². The van der Waals surface area contributed by atoms with Gasteiger partial charge in [0.2, 0.25) is 4.77 Å². The van der Waals surface area contributed by atoms with Crippen molar-refractivity contribution in [3.05, 3.63) is 57.3 Å². The maximum Gasteiger partial charge on any atom is 0.214 e. The van der Waals surface area contributed by atoms with Gasteiger partial charge in [0.05, 0.1) is 19.8 Å². The predicted octanol–water partition coefficient (Wildman–Crippen LogP) is 4.91. The standard InChI is InChI=1S/C19H21BrN4O2S/c1-3-25-16-10-14(15(20)11-17(16)26-4-2)12-21-24-18(22-23-19(24)27)13-8-6-5-7-9-13/h5-11,21H,3-4,12H2,1-2H3,(H,23,27). The second kappa shape index (κ2) is 9.05. The van der Waals surface area contributed by atoms with Gasteiger partial charge in [-0.05, 0) is 43.8 Å². The van der Waals surface area contributed by atoms with Gasteiger partial charge in [0.25, 0.3) is 0 Å². The van der Waals surface area contributed by atoms with Gasteiger partial charge >= 0.3 is 0 Å². The van der Waals surface area contributed by atoms with Gasteiger partial charge in [0.1, 0.15) is 0 Å². The van der Waals surface area contributed by atoms with E-state index in [0.717, 1.165) is 32.9 Å². The molecular formula is C19H21BrN4O2S. The Morgan fingerprint density at radius 3 is 2.44 bits per heavy atom. The van der Waals surface area contributed by atoms with Crippen LogP contribution < -0.4 is 14.9 Å². The highest BCUT2D eigenvalue weighted by atomic mass is 79.9. The summed E-state index contributed by atoms with van der Waals surface area (Å²) in [6.45, 7) is 5.58. The molecule has 0 spiro atoms. The van der Waals surface area contributed by atoms with Crippen LogP contribution >= 0.6 is 28.1 Å². The Balaban J connectivity index is 1.86. The van der Waals surface area contributed by atoms with Crippen LogP contribution in [-0.4, -0.2) is 28.1 Å². The number of nitrogens with one attached hydrogen (secondary N) is 2. The molecule has 8 heteroatoms. The van der Waals surface area contributed by atoms with Gasteiger partial charge in [-0.2, -0.15) is 5.10 Å². The van der Waals surface area contributed by atoms with Gasteiger partial charge in [-0.15, -0.1) is 0 Å². The van der Waals surface area contributed by atoms with E-state index >= 15 is 0 Å². The summed E-state index contributed by atoms with van der Waals surface area (Å²) in [7, 11) is 0. The number of benzene rings is 2. The first-order chi connectivity index (χ1) is 13.1. The number of rotatable bonds is 8. The number of halogens is 1. The second-order valence-electron chi connectivity index (χ2n) is 5.65. The summed E-state index contributed by atoms with van der Waals surface area (Å²) in [6.07, 6.45) is 0. The quantitative estimate of drug-likeness (QED) is 0.479. The summed E-state index contributed by atoms with van der Waals surface area (Å²) in [6, 6.07) is 13.8. The van der Waals surface area contributed by atoms with Crippen molar-refractivity contribution in [3.63, 3.8) is 0 Å². The zero-order valence-electron chi connectivity index (χ0n) is 15.2. The number of aromatic amines is 1. The monoisotopic (exact) mass is 448 g/mol. The smallest absolute Gasteiger partial charge is 0.214 e. The molecule has 1 heterocycles. The van der Waals surface area contributed by atoms with Gasteiger partial charge in [0.15, 0.2) is 17.3 Å². The molecule has 0 atom stereocenters. The highest BCUT2D eigenvalue weighted by molar-refractivity contribution is 9.10. The molecule has 3 rings (SSSR count). The van der Waals surface area contributed by atoms with Crippen LogP contribution in [0.25, 0.3) is 11.4 Å². The third kappa shape index (κ3) is 4.51. The lowest BCUT2D eigenvalue weighted by Crippen LogP contribution is -2.16. The van der Waals surface area contributed by atoms with E-state index in [0.29, 0.717) is 24.5 Å². The summed E-state index contributed by atoms with van der Waals surface area (Å²) < 4.78 is 14.6. The number of aromatic nitrogens is 3.